The quantitative estimate of drug-likeness (QED) is 0.875. The molecule has 1 atom stereocenters. The molecule has 4 heteroatoms. The van der Waals surface area contributed by atoms with Crippen LogP contribution in [0.4, 0.5) is 10.1 Å². The topological polar surface area (TPSA) is 38.3 Å². The van der Waals surface area contributed by atoms with Crippen LogP contribution in [0.15, 0.2) is 18.2 Å². The van der Waals surface area contributed by atoms with E-state index in [2.05, 4.69) is 5.32 Å². The number of nitrogens with one attached hydrogen (secondary N) is 1. The van der Waals surface area contributed by atoms with E-state index in [1.54, 1.807) is 19.9 Å². The first kappa shape index (κ1) is 14.6. The molecule has 0 saturated heterocycles. The van der Waals surface area contributed by atoms with Crippen LogP contribution in [-0.4, -0.2) is 18.6 Å². The second kappa shape index (κ2) is 6.50. The molecular weight excluding hydrogens is 233 g/mol. The lowest BCUT2D eigenvalue weighted by Crippen LogP contribution is -2.29. The molecule has 0 aliphatic rings. The van der Waals surface area contributed by atoms with Crippen LogP contribution in [0.25, 0.3) is 0 Å². The average Bonchev–Trinajstić information content (AvgIpc) is 2.29. The van der Waals surface area contributed by atoms with E-state index in [0.717, 1.165) is 0 Å². The van der Waals surface area contributed by atoms with E-state index >= 15 is 0 Å². The molecule has 0 unspecified atom stereocenters. The van der Waals surface area contributed by atoms with Crippen molar-refractivity contribution in [2.45, 2.75) is 33.8 Å². The number of ether oxygens (including phenoxy) is 1. The Balaban J connectivity index is 2.58. The Bertz CT molecular complexity index is 418. The predicted molar refractivity (Wildman–Crippen MR) is 70.0 cm³/mol. The molecule has 0 heterocycles. The van der Waals surface area contributed by atoms with Crippen LogP contribution in [-0.2, 0) is 9.53 Å². The molecule has 0 radical (unpaired) electrons. The molecular formula is C14H20FNO2. The maximum atomic E-state index is 12.9. The highest BCUT2D eigenvalue weighted by molar-refractivity contribution is 5.94. The third kappa shape index (κ3) is 4.45. The van der Waals surface area contributed by atoms with Crippen LogP contribution >= 0.6 is 0 Å². The second-order valence-corrected chi connectivity index (χ2v) is 4.82. The monoisotopic (exact) mass is 253 g/mol. The van der Waals surface area contributed by atoms with E-state index in [0.29, 0.717) is 23.8 Å². The minimum atomic E-state index is -0.517. The standard InChI is InChI=1S/C14H20FNO2/c1-9(2)8-18-11(4)14(17)16-13-6-5-12(15)7-10(13)3/h5-7,9,11H,8H2,1-4H3,(H,16,17)/t11-/m1/s1. The number of hydrogen-bond acceptors (Lipinski definition) is 2. The molecule has 0 spiro atoms. The summed E-state index contributed by atoms with van der Waals surface area (Å²) in [5, 5.41) is 2.73. The number of anilines is 1. The Morgan fingerprint density at radius 1 is 1.39 bits per heavy atom. The largest absolute Gasteiger partial charge is 0.368 e. The van der Waals surface area contributed by atoms with Gasteiger partial charge < -0.3 is 10.1 Å². The summed E-state index contributed by atoms with van der Waals surface area (Å²) in [4.78, 5) is 11.8. The SMILES string of the molecule is Cc1cc(F)ccc1NC(=O)[C@@H](C)OCC(C)C. The fraction of sp³-hybridized carbons (Fsp3) is 0.500. The number of benzene rings is 1. The van der Waals surface area contributed by atoms with Gasteiger partial charge in [0.2, 0.25) is 0 Å². The van der Waals surface area contributed by atoms with Crippen molar-refractivity contribution in [2.24, 2.45) is 5.92 Å². The Kier molecular flexibility index (Phi) is 5.28. The van der Waals surface area contributed by atoms with Gasteiger partial charge in [-0.3, -0.25) is 4.79 Å². The third-order valence-corrected chi connectivity index (χ3v) is 2.50. The minimum absolute atomic E-state index is 0.217. The van der Waals surface area contributed by atoms with E-state index in [-0.39, 0.29) is 11.7 Å². The van der Waals surface area contributed by atoms with E-state index in [1.165, 1.54) is 12.1 Å². The highest BCUT2D eigenvalue weighted by Gasteiger charge is 2.14. The van der Waals surface area contributed by atoms with E-state index < -0.39 is 6.10 Å². The fourth-order valence-electron chi connectivity index (χ4n) is 1.41. The van der Waals surface area contributed by atoms with Crippen molar-refractivity contribution in [3.8, 4) is 0 Å². The van der Waals surface area contributed by atoms with E-state index in [4.69, 9.17) is 4.74 Å². The van der Waals surface area contributed by atoms with Gasteiger partial charge in [0.05, 0.1) is 0 Å². The summed E-state index contributed by atoms with van der Waals surface area (Å²) in [6, 6.07) is 4.26. The molecule has 1 aromatic carbocycles. The van der Waals surface area contributed by atoms with Crippen molar-refractivity contribution in [1.29, 1.82) is 0 Å². The van der Waals surface area contributed by atoms with Gasteiger partial charge >= 0.3 is 0 Å². The summed E-state index contributed by atoms with van der Waals surface area (Å²) >= 11 is 0. The minimum Gasteiger partial charge on any atom is -0.368 e. The molecule has 100 valence electrons. The van der Waals surface area contributed by atoms with Gasteiger partial charge in [-0.05, 0) is 43.5 Å². The first-order valence-corrected chi connectivity index (χ1v) is 6.08. The van der Waals surface area contributed by atoms with Gasteiger partial charge in [0, 0.05) is 12.3 Å². The van der Waals surface area contributed by atoms with Crippen molar-refractivity contribution in [2.75, 3.05) is 11.9 Å². The molecule has 0 aliphatic heterocycles. The van der Waals surface area contributed by atoms with Gasteiger partial charge in [-0.15, -0.1) is 0 Å². The van der Waals surface area contributed by atoms with Crippen molar-refractivity contribution < 1.29 is 13.9 Å². The fourth-order valence-corrected chi connectivity index (χ4v) is 1.41. The summed E-state index contributed by atoms with van der Waals surface area (Å²) in [7, 11) is 0. The van der Waals surface area contributed by atoms with Crippen molar-refractivity contribution in [3.63, 3.8) is 0 Å². The zero-order valence-electron chi connectivity index (χ0n) is 11.3. The van der Waals surface area contributed by atoms with Gasteiger partial charge in [-0.25, -0.2) is 4.39 Å². The highest BCUT2D eigenvalue weighted by Crippen LogP contribution is 2.16. The molecule has 0 saturated carbocycles. The van der Waals surface area contributed by atoms with Gasteiger partial charge in [0.15, 0.2) is 0 Å². The number of hydrogen-bond donors (Lipinski definition) is 1. The zero-order chi connectivity index (χ0) is 13.7. The number of aryl methyl sites for hydroxylation is 1. The lowest BCUT2D eigenvalue weighted by Gasteiger charge is -2.15. The van der Waals surface area contributed by atoms with Crippen LogP contribution in [0.1, 0.15) is 26.3 Å². The van der Waals surface area contributed by atoms with Crippen LogP contribution in [0.2, 0.25) is 0 Å². The maximum absolute atomic E-state index is 12.9. The molecule has 1 N–H and O–H groups in total. The molecule has 0 aliphatic carbocycles. The number of carbonyl (C=O) groups is 1. The molecule has 1 amide bonds. The van der Waals surface area contributed by atoms with E-state index in [1.807, 2.05) is 13.8 Å². The molecule has 18 heavy (non-hydrogen) atoms. The normalized spacial score (nSPS) is 12.6. The smallest absolute Gasteiger partial charge is 0.253 e. The number of carbonyl (C=O) groups excluding carboxylic acids is 1. The Morgan fingerprint density at radius 3 is 2.61 bits per heavy atom. The van der Waals surface area contributed by atoms with Crippen LogP contribution in [0.5, 0.6) is 0 Å². The maximum Gasteiger partial charge on any atom is 0.253 e. The summed E-state index contributed by atoms with van der Waals surface area (Å²) in [5.74, 6) is -0.146. The Hall–Kier alpha value is -1.42. The van der Waals surface area contributed by atoms with Crippen LogP contribution in [0, 0.1) is 18.7 Å². The second-order valence-electron chi connectivity index (χ2n) is 4.82. The third-order valence-electron chi connectivity index (χ3n) is 2.50. The van der Waals surface area contributed by atoms with Gasteiger partial charge in [-0.1, -0.05) is 13.8 Å². The summed E-state index contributed by atoms with van der Waals surface area (Å²) < 4.78 is 18.3. The lowest BCUT2D eigenvalue weighted by atomic mass is 10.2. The molecule has 0 aromatic heterocycles. The molecule has 1 aromatic rings. The lowest BCUT2D eigenvalue weighted by molar-refractivity contribution is -0.126. The van der Waals surface area contributed by atoms with Gasteiger partial charge in [-0.2, -0.15) is 0 Å². The predicted octanol–water partition coefficient (Wildman–Crippen LogP) is 3.13. The van der Waals surface area contributed by atoms with E-state index in [9.17, 15) is 9.18 Å². The van der Waals surface area contributed by atoms with Crippen molar-refractivity contribution in [1.82, 2.24) is 0 Å². The first-order chi connectivity index (χ1) is 8.40. The van der Waals surface area contributed by atoms with Crippen molar-refractivity contribution >= 4 is 11.6 Å². The molecule has 1 rings (SSSR count). The van der Waals surface area contributed by atoms with Crippen molar-refractivity contribution in [3.05, 3.63) is 29.6 Å². The summed E-state index contributed by atoms with van der Waals surface area (Å²) in [5.41, 5.74) is 1.31. The Labute approximate surface area is 107 Å². The number of amides is 1. The van der Waals surface area contributed by atoms with Crippen LogP contribution < -0.4 is 5.32 Å². The first-order valence-electron chi connectivity index (χ1n) is 6.08. The Morgan fingerprint density at radius 2 is 2.06 bits per heavy atom. The highest BCUT2D eigenvalue weighted by atomic mass is 19.1. The number of halogens is 1. The molecule has 0 bridgehead atoms. The van der Waals surface area contributed by atoms with Gasteiger partial charge in [0.25, 0.3) is 5.91 Å². The average molecular weight is 253 g/mol. The molecule has 3 nitrogen and oxygen atoms in total. The number of rotatable bonds is 5. The zero-order valence-corrected chi connectivity index (χ0v) is 11.3. The molecule has 0 fully saturated rings. The van der Waals surface area contributed by atoms with Gasteiger partial charge in [0.1, 0.15) is 11.9 Å². The van der Waals surface area contributed by atoms with Crippen LogP contribution in [0.3, 0.4) is 0 Å². The summed E-state index contributed by atoms with van der Waals surface area (Å²) in [6.45, 7) is 8.04. The summed E-state index contributed by atoms with van der Waals surface area (Å²) in [6.07, 6.45) is -0.517.